The van der Waals surface area contributed by atoms with E-state index in [9.17, 15) is 5.26 Å². The molecule has 0 aliphatic heterocycles. The maximum atomic E-state index is 9.27. The zero-order valence-electron chi connectivity index (χ0n) is 10.7. The first-order valence-electron chi connectivity index (χ1n) is 5.73. The van der Waals surface area contributed by atoms with Crippen LogP contribution in [0.5, 0.6) is 0 Å². The van der Waals surface area contributed by atoms with Crippen molar-refractivity contribution in [3.63, 3.8) is 0 Å². The molecule has 0 aliphatic rings. The molecule has 0 unspecified atom stereocenters. The zero-order chi connectivity index (χ0) is 14.7. The van der Waals surface area contributed by atoms with Crippen LogP contribution in [-0.4, -0.2) is 4.98 Å². The highest BCUT2D eigenvalue weighted by Crippen LogP contribution is 2.28. The lowest BCUT2D eigenvalue weighted by Gasteiger charge is -2.08. The van der Waals surface area contributed by atoms with E-state index in [4.69, 9.17) is 16.3 Å². The Labute approximate surface area is 116 Å². The Morgan fingerprint density at radius 3 is 1.95 bits per heavy atom. The molecule has 1 aromatic carbocycles. The summed E-state index contributed by atoms with van der Waals surface area (Å²) in [6.45, 7) is 1.94. The number of aryl methyl sites for hydroxylation is 1. The third-order valence-electron chi connectivity index (χ3n) is 2.89. The molecular formula is C15H9N5. The van der Waals surface area contributed by atoms with Crippen LogP contribution in [-0.2, 0) is 0 Å². The molecule has 0 fully saturated rings. The number of nitriles is 3. The molecule has 1 heterocycles. The average Bonchev–Trinajstić information content (AvgIpc) is 2.46. The second kappa shape index (κ2) is 5.10. The van der Waals surface area contributed by atoms with Crippen molar-refractivity contribution in [1.82, 2.24) is 4.98 Å². The first-order valence-corrected chi connectivity index (χ1v) is 5.73. The molecule has 5 nitrogen and oxygen atoms in total. The molecule has 2 rings (SSSR count). The quantitative estimate of drug-likeness (QED) is 0.844. The zero-order valence-corrected chi connectivity index (χ0v) is 10.7. The normalized spacial score (nSPS) is 9.30. The van der Waals surface area contributed by atoms with Gasteiger partial charge in [-0.2, -0.15) is 15.8 Å². The fourth-order valence-corrected chi connectivity index (χ4v) is 1.86. The van der Waals surface area contributed by atoms with Crippen molar-refractivity contribution in [2.75, 3.05) is 5.73 Å². The van der Waals surface area contributed by atoms with E-state index >= 15 is 0 Å². The number of nitrogen functional groups attached to an aromatic ring is 1. The van der Waals surface area contributed by atoms with Crippen LogP contribution in [0.4, 0.5) is 5.82 Å². The summed E-state index contributed by atoms with van der Waals surface area (Å²) in [6.07, 6.45) is 0. The van der Waals surface area contributed by atoms with Gasteiger partial charge in [0.05, 0.1) is 16.8 Å². The van der Waals surface area contributed by atoms with Crippen molar-refractivity contribution >= 4 is 5.82 Å². The fourth-order valence-electron chi connectivity index (χ4n) is 1.86. The van der Waals surface area contributed by atoms with Crippen molar-refractivity contribution in [3.8, 4) is 29.5 Å². The maximum absolute atomic E-state index is 9.27. The summed E-state index contributed by atoms with van der Waals surface area (Å²) in [7, 11) is 0. The lowest BCUT2D eigenvalue weighted by Crippen LogP contribution is -2.04. The number of nitrogens with zero attached hydrogens (tertiary/aromatic N) is 4. The molecule has 0 atom stereocenters. The van der Waals surface area contributed by atoms with Crippen molar-refractivity contribution < 1.29 is 0 Å². The summed E-state index contributed by atoms with van der Waals surface area (Å²) in [5.74, 6) is -0.0429. The molecular weight excluding hydrogens is 250 g/mol. The number of rotatable bonds is 1. The highest BCUT2D eigenvalue weighted by atomic mass is 14.9. The summed E-state index contributed by atoms with van der Waals surface area (Å²) >= 11 is 0. The summed E-state index contributed by atoms with van der Waals surface area (Å²) in [6, 6.07) is 13.0. The number of hydrogen-bond donors (Lipinski definition) is 1. The van der Waals surface area contributed by atoms with E-state index in [1.54, 1.807) is 12.1 Å². The minimum absolute atomic E-state index is 0.0296. The van der Waals surface area contributed by atoms with Crippen molar-refractivity contribution in [3.05, 3.63) is 46.5 Å². The van der Waals surface area contributed by atoms with Crippen LogP contribution in [0.1, 0.15) is 22.3 Å². The summed E-state index contributed by atoms with van der Waals surface area (Å²) in [5.41, 5.74) is 7.76. The molecule has 94 valence electrons. The monoisotopic (exact) mass is 259 g/mol. The lowest BCUT2D eigenvalue weighted by molar-refractivity contribution is 1.26. The van der Waals surface area contributed by atoms with E-state index in [1.165, 1.54) is 0 Å². The third-order valence-corrected chi connectivity index (χ3v) is 2.89. The van der Waals surface area contributed by atoms with Crippen LogP contribution in [0, 0.1) is 40.9 Å². The minimum Gasteiger partial charge on any atom is -0.383 e. The Balaban J connectivity index is 2.83. The van der Waals surface area contributed by atoms with Crippen molar-refractivity contribution in [2.45, 2.75) is 6.92 Å². The Bertz CT molecular complexity index is 799. The number of hydrogen-bond acceptors (Lipinski definition) is 5. The van der Waals surface area contributed by atoms with Gasteiger partial charge in [-0.3, -0.25) is 0 Å². The van der Waals surface area contributed by atoms with Crippen LogP contribution in [0.3, 0.4) is 0 Å². The average molecular weight is 259 g/mol. The summed E-state index contributed by atoms with van der Waals surface area (Å²) in [4.78, 5) is 4.10. The molecule has 0 bridgehead atoms. The SMILES string of the molecule is Cc1ccc(-c2nc(N)c(C#N)c(C#N)c2C#N)cc1. The summed E-state index contributed by atoms with van der Waals surface area (Å²) < 4.78 is 0. The predicted molar refractivity (Wildman–Crippen MR) is 73.0 cm³/mol. The first-order chi connectivity index (χ1) is 9.62. The number of aromatic nitrogens is 1. The van der Waals surface area contributed by atoms with E-state index in [0.717, 1.165) is 5.56 Å². The number of anilines is 1. The van der Waals surface area contributed by atoms with Crippen molar-refractivity contribution in [1.29, 1.82) is 15.8 Å². The van der Waals surface area contributed by atoms with Gasteiger partial charge in [-0.1, -0.05) is 29.8 Å². The highest BCUT2D eigenvalue weighted by molar-refractivity contribution is 5.76. The lowest BCUT2D eigenvalue weighted by atomic mass is 9.98. The Morgan fingerprint density at radius 1 is 0.900 bits per heavy atom. The van der Waals surface area contributed by atoms with Gasteiger partial charge in [-0.25, -0.2) is 4.98 Å². The van der Waals surface area contributed by atoms with E-state index in [-0.39, 0.29) is 22.5 Å². The van der Waals surface area contributed by atoms with Gasteiger partial charge in [0.25, 0.3) is 0 Å². The predicted octanol–water partition coefficient (Wildman–Crippen LogP) is 2.25. The van der Waals surface area contributed by atoms with Crippen LogP contribution in [0.15, 0.2) is 24.3 Å². The third kappa shape index (κ3) is 2.03. The van der Waals surface area contributed by atoms with E-state index in [2.05, 4.69) is 4.98 Å². The molecule has 0 amide bonds. The second-order valence-electron chi connectivity index (χ2n) is 4.17. The molecule has 5 heteroatoms. The van der Waals surface area contributed by atoms with Gasteiger partial charge in [0.2, 0.25) is 0 Å². The van der Waals surface area contributed by atoms with Crippen LogP contribution >= 0.6 is 0 Å². The molecule has 0 radical (unpaired) electrons. The second-order valence-corrected chi connectivity index (χ2v) is 4.17. The van der Waals surface area contributed by atoms with Gasteiger partial charge in [0.1, 0.15) is 29.6 Å². The number of nitrogens with two attached hydrogens (primary N) is 1. The van der Waals surface area contributed by atoms with Crippen LogP contribution in [0.25, 0.3) is 11.3 Å². The summed E-state index contributed by atoms with van der Waals surface area (Å²) in [5, 5.41) is 27.4. The molecule has 1 aromatic heterocycles. The van der Waals surface area contributed by atoms with E-state index < -0.39 is 0 Å². The smallest absolute Gasteiger partial charge is 0.143 e. The maximum Gasteiger partial charge on any atom is 0.143 e. The molecule has 0 saturated carbocycles. The molecule has 0 spiro atoms. The Morgan fingerprint density at radius 2 is 1.45 bits per heavy atom. The van der Waals surface area contributed by atoms with Gasteiger partial charge >= 0.3 is 0 Å². The van der Waals surface area contributed by atoms with Gasteiger partial charge < -0.3 is 5.73 Å². The van der Waals surface area contributed by atoms with Gasteiger partial charge in [-0.15, -0.1) is 0 Å². The molecule has 0 aliphatic carbocycles. The van der Waals surface area contributed by atoms with E-state index in [0.29, 0.717) is 11.3 Å². The Kier molecular flexibility index (Phi) is 3.33. The van der Waals surface area contributed by atoms with Crippen LogP contribution < -0.4 is 5.73 Å². The van der Waals surface area contributed by atoms with E-state index in [1.807, 2.05) is 37.3 Å². The number of pyridine rings is 1. The van der Waals surface area contributed by atoms with Crippen LogP contribution in [0.2, 0.25) is 0 Å². The Hall–Kier alpha value is -3.36. The molecule has 0 saturated heterocycles. The van der Waals surface area contributed by atoms with Crippen molar-refractivity contribution in [2.24, 2.45) is 0 Å². The first kappa shape index (κ1) is 13.1. The topological polar surface area (TPSA) is 110 Å². The molecule has 2 aromatic rings. The van der Waals surface area contributed by atoms with Gasteiger partial charge in [0, 0.05) is 5.56 Å². The number of benzene rings is 1. The minimum atomic E-state index is -0.0556. The molecule has 20 heavy (non-hydrogen) atoms. The molecule has 2 N–H and O–H groups in total. The standard InChI is InChI=1S/C15H9N5/c1-9-2-4-10(5-3-9)14-12(7-17)11(6-16)13(8-18)15(19)20-14/h2-5H,1H3,(H2,19,20). The van der Waals surface area contributed by atoms with Gasteiger partial charge in [-0.05, 0) is 6.92 Å². The highest BCUT2D eigenvalue weighted by Gasteiger charge is 2.19. The van der Waals surface area contributed by atoms with Gasteiger partial charge in [0.15, 0.2) is 0 Å². The fraction of sp³-hybridized carbons (Fsp3) is 0.0667. The largest absolute Gasteiger partial charge is 0.383 e.